The largest absolute Gasteiger partial charge is 0.496 e. The number of fused-ring (bicyclic) bond motifs is 4. The van der Waals surface area contributed by atoms with E-state index in [1.54, 1.807) is 7.11 Å². The van der Waals surface area contributed by atoms with E-state index >= 15 is 0 Å². The summed E-state index contributed by atoms with van der Waals surface area (Å²) in [4.78, 5) is 33.4. The lowest BCUT2D eigenvalue weighted by Gasteiger charge is -2.57. The summed E-state index contributed by atoms with van der Waals surface area (Å²) in [6.45, 7) is 7.73. The van der Waals surface area contributed by atoms with Gasteiger partial charge in [0.2, 0.25) is 0 Å². The SMILES string of the molecule is COc1ccccc1C1CC2(C(=O)OC(C)(C)C)CCC1(NC(=O)c1c(C)c(-c3ccccc3)nc3ccc(Br)cc13)CC2. The van der Waals surface area contributed by atoms with Crippen molar-refractivity contribution in [1.82, 2.24) is 10.3 Å². The number of carbonyl (C=O) groups is 2. The molecule has 0 saturated heterocycles. The molecule has 2 bridgehead atoms. The van der Waals surface area contributed by atoms with Gasteiger partial charge in [-0.25, -0.2) is 4.98 Å². The number of methoxy groups -OCH3 is 1. The highest BCUT2D eigenvalue weighted by molar-refractivity contribution is 9.10. The average Bonchev–Trinajstić information content (AvgIpc) is 3.00. The third-order valence-corrected chi connectivity index (χ3v) is 10.0. The molecule has 3 saturated carbocycles. The Hall–Kier alpha value is -3.71. The summed E-state index contributed by atoms with van der Waals surface area (Å²) in [7, 11) is 1.67. The number of nitrogens with one attached hydrogen (secondary N) is 1. The van der Waals surface area contributed by atoms with Crippen molar-refractivity contribution in [3.63, 3.8) is 0 Å². The van der Waals surface area contributed by atoms with E-state index in [9.17, 15) is 9.59 Å². The minimum Gasteiger partial charge on any atom is -0.496 e. The van der Waals surface area contributed by atoms with Crippen molar-refractivity contribution in [2.75, 3.05) is 7.11 Å². The minimum atomic E-state index is -0.601. The van der Waals surface area contributed by atoms with E-state index in [2.05, 4.69) is 27.3 Å². The van der Waals surface area contributed by atoms with Crippen LogP contribution in [0.5, 0.6) is 5.75 Å². The lowest BCUT2D eigenvalue weighted by Crippen LogP contribution is -2.62. The highest BCUT2D eigenvalue weighted by Gasteiger charge is 2.60. The lowest BCUT2D eigenvalue weighted by atomic mass is 9.51. The van der Waals surface area contributed by atoms with Crippen LogP contribution in [-0.2, 0) is 9.53 Å². The van der Waals surface area contributed by atoms with E-state index in [-0.39, 0.29) is 17.8 Å². The molecule has 228 valence electrons. The van der Waals surface area contributed by atoms with Gasteiger partial charge in [0, 0.05) is 26.9 Å². The number of aromatic nitrogens is 1. The van der Waals surface area contributed by atoms with Crippen molar-refractivity contribution >= 4 is 38.7 Å². The third kappa shape index (κ3) is 5.40. The molecule has 0 aliphatic heterocycles. The van der Waals surface area contributed by atoms with E-state index in [0.717, 1.165) is 43.5 Å². The van der Waals surface area contributed by atoms with Gasteiger partial charge in [-0.05, 0) is 95.2 Å². The quantitative estimate of drug-likeness (QED) is 0.211. The highest BCUT2D eigenvalue weighted by atomic mass is 79.9. The number of ether oxygens (including phenoxy) is 2. The molecule has 1 unspecified atom stereocenters. The predicted octanol–water partition coefficient (Wildman–Crippen LogP) is 8.54. The number of halogens is 1. The molecule has 6 nitrogen and oxygen atoms in total. The van der Waals surface area contributed by atoms with Crippen LogP contribution in [-0.4, -0.2) is 35.1 Å². The van der Waals surface area contributed by atoms with Gasteiger partial charge < -0.3 is 14.8 Å². The van der Waals surface area contributed by atoms with Crippen LogP contribution in [0.15, 0.2) is 77.3 Å². The van der Waals surface area contributed by atoms with Gasteiger partial charge in [-0.3, -0.25) is 9.59 Å². The normalized spacial score (nSPS) is 22.9. The second kappa shape index (κ2) is 11.3. The zero-order chi connectivity index (χ0) is 31.3. The first-order valence-electron chi connectivity index (χ1n) is 15.3. The van der Waals surface area contributed by atoms with Gasteiger partial charge in [0.1, 0.15) is 11.4 Å². The van der Waals surface area contributed by atoms with Crippen molar-refractivity contribution in [1.29, 1.82) is 0 Å². The zero-order valence-electron chi connectivity index (χ0n) is 26.0. The maximum absolute atomic E-state index is 14.7. The molecule has 1 heterocycles. The number of nitrogens with zero attached hydrogens (tertiary/aromatic N) is 1. The molecule has 3 aliphatic carbocycles. The minimum absolute atomic E-state index is 0.128. The van der Waals surface area contributed by atoms with Gasteiger partial charge in [-0.2, -0.15) is 0 Å². The van der Waals surface area contributed by atoms with Crippen LogP contribution in [0.3, 0.4) is 0 Å². The predicted molar refractivity (Wildman–Crippen MR) is 177 cm³/mol. The van der Waals surface area contributed by atoms with Gasteiger partial charge in [0.05, 0.1) is 29.3 Å². The van der Waals surface area contributed by atoms with Gasteiger partial charge in [0.15, 0.2) is 0 Å². The van der Waals surface area contributed by atoms with Crippen LogP contribution < -0.4 is 10.1 Å². The van der Waals surface area contributed by atoms with Crippen LogP contribution in [0.25, 0.3) is 22.2 Å². The molecule has 7 heteroatoms. The zero-order valence-corrected chi connectivity index (χ0v) is 27.6. The Bertz CT molecular complexity index is 1740. The Morgan fingerprint density at radius 3 is 2.32 bits per heavy atom. The molecular weight excluding hydrogens is 616 g/mol. The van der Waals surface area contributed by atoms with Crippen LogP contribution in [0.4, 0.5) is 0 Å². The molecular formula is C37H39BrN2O4. The van der Waals surface area contributed by atoms with E-state index in [4.69, 9.17) is 14.5 Å². The number of para-hydroxylation sites is 1. The molecule has 3 fully saturated rings. The van der Waals surface area contributed by atoms with E-state index in [1.807, 2.05) is 94.4 Å². The molecule has 0 spiro atoms. The monoisotopic (exact) mass is 654 g/mol. The first-order chi connectivity index (χ1) is 21.0. The maximum atomic E-state index is 14.7. The first kappa shape index (κ1) is 30.3. The number of carbonyl (C=O) groups excluding carboxylic acids is 2. The second-order valence-corrected chi connectivity index (χ2v) is 14.3. The van der Waals surface area contributed by atoms with Crippen LogP contribution in [0, 0.1) is 12.3 Å². The van der Waals surface area contributed by atoms with Gasteiger partial charge >= 0.3 is 5.97 Å². The van der Waals surface area contributed by atoms with Gasteiger partial charge in [-0.15, -0.1) is 0 Å². The highest BCUT2D eigenvalue weighted by Crippen LogP contribution is 2.60. The molecule has 1 aromatic heterocycles. The van der Waals surface area contributed by atoms with Gasteiger partial charge in [0.25, 0.3) is 5.91 Å². The Kier molecular flexibility index (Phi) is 7.81. The summed E-state index contributed by atoms with van der Waals surface area (Å²) in [6, 6.07) is 23.9. The van der Waals surface area contributed by atoms with Crippen molar-refractivity contribution in [3.8, 4) is 17.0 Å². The molecule has 3 aromatic carbocycles. The van der Waals surface area contributed by atoms with Crippen LogP contribution in [0.1, 0.15) is 80.3 Å². The number of hydrogen-bond acceptors (Lipinski definition) is 5. The molecule has 44 heavy (non-hydrogen) atoms. The smallest absolute Gasteiger partial charge is 0.312 e. The maximum Gasteiger partial charge on any atom is 0.312 e. The van der Waals surface area contributed by atoms with Crippen molar-refractivity contribution in [2.45, 2.75) is 76.9 Å². The van der Waals surface area contributed by atoms with Gasteiger partial charge in [-0.1, -0.05) is 64.5 Å². The number of hydrogen-bond donors (Lipinski definition) is 1. The number of amides is 1. The Morgan fingerprint density at radius 1 is 0.955 bits per heavy atom. The summed E-state index contributed by atoms with van der Waals surface area (Å²) in [5.74, 6) is 0.361. The first-order valence-corrected chi connectivity index (χ1v) is 16.1. The Labute approximate surface area is 267 Å². The molecule has 0 radical (unpaired) electrons. The summed E-state index contributed by atoms with van der Waals surface area (Å²) in [6.07, 6.45) is 3.23. The summed E-state index contributed by atoms with van der Waals surface area (Å²) < 4.78 is 12.7. The number of rotatable bonds is 6. The summed E-state index contributed by atoms with van der Waals surface area (Å²) in [5, 5.41) is 4.38. The van der Waals surface area contributed by atoms with Crippen LogP contribution in [0.2, 0.25) is 0 Å². The third-order valence-electron chi connectivity index (χ3n) is 9.53. The van der Waals surface area contributed by atoms with E-state index in [0.29, 0.717) is 37.7 Å². The standard InChI is InChI=1S/C37H39BrN2O4/c1-23-31(27-21-25(38)15-16-29(27)39-32(23)24-11-7-6-8-12-24)33(41)40-37-19-17-36(18-20-37,34(42)44-35(2,3)4)22-28(37)26-13-9-10-14-30(26)43-5/h6-16,21,28H,17-20,22H2,1-5H3,(H,40,41). The molecule has 1 atom stereocenters. The Balaban J connectivity index is 1.45. The molecule has 1 amide bonds. The fourth-order valence-corrected chi connectivity index (χ4v) is 7.71. The number of pyridine rings is 1. The lowest BCUT2D eigenvalue weighted by molar-refractivity contribution is -0.176. The molecule has 4 aromatic rings. The molecule has 7 rings (SSSR count). The number of benzene rings is 3. The molecule has 1 N–H and O–H groups in total. The molecule has 3 aliphatic rings. The summed E-state index contributed by atoms with van der Waals surface area (Å²) in [5.41, 5.74) is 3.25. The number of esters is 1. The van der Waals surface area contributed by atoms with E-state index in [1.165, 1.54) is 0 Å². The fourth-order valence-electron chi connectivity index (χ4n) is 7.35. The van der Waals surface area contributed by atoms with Crippen LogP contribution >= 0.6 is 15.9 Å². The van der Waals surface area contributed by atoms with Crippen molar-refractivity contribution in [3.05, 3.63) is 94.0 Å². The fraction of sp³-hybridized carbons (Fsp3) is 0.378. The van der Waals surface area contributed by atoms with Crippen molar-refractivity contribution < 1.29 is 19.1 Å². The summed E-state index contributed by atoms with van der Waals surface area (Å²) >= 11 is 3.61. The topological polar surface area (TPSA) is 77.5 Å². The van der Waals surface area contributed by atoms with E-state index < -0.39 is 16.6 Å². The average molecular weight is 656 g/mol. The second-order valence-electron chi connectivity index (χ2n) is 13.4. The van der Waals surface area contributed by atoms with Crippen molar-refractivity contribution in [2.24, 2.45) is 5.41 Å². The Morgan fingerprint density at radius 2 is 1.64 bits per heavy atom.